The van der Waals surface area contributed by atoms with Crippen LogP contribution in [-0.2, 0) is 11.2 Å². The van der Waals surface area contributed by atoms with E-state index in [4.69, 9.17) is 0 Å². The molecule has 0 aliphatic rings. The predicted molar refractivity (Wildman–Crippen MR) is 79.0 cm³/mol. The van der Waals surface area contributed by atoms with Crippen molar-refractivity contribution >= 4 is 5.91 Å². The number of pyridine rings is 1. The standard InChI is InChI=1S/C16H26N2O/c1-3-16(19)18(2)14-10-6-4-5-7-11-15-12-8-9-13-17-15/h8-9,12-13H,3-7,10-11,14H2,1-2H3. The zero-order valence-electron chi connectivity index (χ0n) is 12.3. The first-order valence-corrected chi connectivity index (χ1v) is 7.38. The predicted octanol–water partition coefficient (Wildman–Crippen LogP) is 3.44. The normalized spacial score (nSPS) is 10.4. The lowest BCUT2D eigenvalue weighted by Gasteiger charge is -2.15. The van der Waals surface area contributed by atoms with E-state index < -0.39 is 0 Å². The highest BCUT2D eigenvalue weighted by Gasteiger charge is 2.04. The molecule has 106 valence electrons. The van der Waals surface area contributed by atoms with Gasteiger partial charge < -0.3 is 4.90 Å². The summed E-state index contributed by atoms with van der Waals surface area (Å²) < 4.78 is 0. The van der Waals surface area contributed by atoms with E-state index in [1.807, 2.05) is 37.2 Å². The fraction of sp³-hybridized carbons (Fsp3) is 0.625. The van der Waals surface area contributed by atoms with Gasteiger partial charge in [-0.3, -0.25) is 9.78 Å². The molecule has 0 saturated carbocycles. The minimum atomic E-state index is 0.246. The Balaban J connectivity index is 1.96. The molecule has 0 aromatic carbocycles. The number of rotatable bonds is 9. The Bertz CT molecular complexity index is 351. The molecule has 1 aromatic rings. The molecule has 0 bridgehead atoms. The second-order valence-corrected chi connectivity index (χ2v) is 5.01. The molecule has 0 spiro atoms. The summed E-state index contributed by atoms with van der Waals surface area (Å²) in [7, 11) is 1.90. The van der Waals surface area contributed by atoms with Gasteiger partial charge >= 0.3 is 0 Å². The number of carbonyl (C=O) groups excluding carboxylic acids is 1. The van der Waals surface area contributed by atoms with E-state index in [1.165, 1.54) is 31.4 Å². The van der Waals surface area contributed by atoms with Crippen LogP contribution in [0.5, 0.6) is 0 Å². The highest BCUT2D eigenvalue weighted by molar-refractivity contribution is 5.75. The van der Waals surface area contributed by atoms with Crippen LogP contribution in [0.2, 0.25) is 0 Å². The average molecular weight is 262 g/mol. The summed E-state index contributed by atoms with van der Waals surface area (Å²) in [5.41, 5.74) is 1.19. The number of unbranched alkanes of at least 4 members (excludes halogenated alkanes) is 4. The van der Waals surface area contributed by atoms with Gasteiger partial charge in [-0.15, -0.1) is 0 Å². The van der Waals surface area contributed by atoms with Crippen LogP contribution in [0.3, 0.4) is 0 Å². The van der Waals surface area contributed by atoms with Crippen molar-refractivity contribution in [1.82, 2.24) is 9.88 Å². The lowest BCUT2D eigenvalue weighted by molar-refractivity contribution is -0.129. The summed E-state index contributed by atoms with van der Waals surface area (Å²) in [5.74, 6) is 0.246. The molecule has 1 amide bonds. The third-order valence-electron chi connectivity index (χ3n) is 3.38. The summed E-state index contributed by atoms with van der Waals surface area (Å²) in [4.78, 5) is 17.5. The van der Waals surface area contributed by atoms with Gasteiger partial charge in [-0.05, 0) is 31.4 Å². The highest BCUT2D eigenvalue weighted by atomic mass is 16.2. The molecule has 1 rings (SSSR count). The maximum absolute atomic E-state index is 11.4. The summed E-state index contributed by atoms with van der Waals surface area (Å²) in [6, 6.07) is 6.09. The summed E-state index contributed by atoms with van der Waals surface area (Å²) in [6.07, 6.45) is 9.59. The molecular weight excluding hydrogens is 236 g/mol. The molecule has 1 aromatic heterocycles. The van der Waals surface area contributed by atoms with E-state index in [-0.39, 0.29) is 5.91 Å². The zero-order chi connectivity index (χ0) is 13.9. The van der Waals surface area contributed by atoms with Crippen molar-refractivity contribution < 1.29 is 4.79 Å². The second-order valence-electron chi connectivity index (χ2n) is 5.01. The molecule has 0 radical (unpaired) electrons. The van der Waals surface area contributed by atoms with Gasteiger partial charge in [0, 0.05) is 31.9 Å². The lowest BCUT2D eigenvalue weighted by atomic mass is 10.1. The Morgan fingerprint density at radius 1 is 1.16 bits per heavy atom. The Labute approximate surface area is 117 Å². The van der Waals surface area contributed by atoms with Crippen molar-refractivity contribution in [1.29, 1.82) is 0 Å². The number of aryl methyl sites for hydroxylation is 1. The molecule has 3 heteroatoms. The maximum atomic E-state index is 11.4. The fourth-order valence-corrected chi connectivity index (χ4v) is 2.13. The molecule has 1 heterocycles. The molecule has 0 saturated heterocycles. The van der Waals surface area contributed by atoms with Crippen LogP contribution in [0, 0.1) is 0 Å². The number of amides is 1. The van der Waals surface area contributed by atoms with E-state index in [1.54, 1.807) is 0 Å². The minimum absolute atomic E-state index is 0.246. The van der Waals surface area contributed by atoms with Crippen LogP contribution in [-0.4, -0.2) is 29.4 Å². The highest BCUT2D eigenvalue weighted by Crippen LogP contribution is 2.07. The number of carbonyl (C=O) groups is 1. The zero-order valence-corrected chi connectivity index (χ0v) is 12.3. The smallest absolute Gasteiger partial charge is 0.222 e. The van der Waals surface area contributed by atoms with Gasteiger partial charge in [0.15, 0.2) is 0 Å². The Morgan fingerprint density at radius 3 is 2.58 bits per heavy atom. The molecule has 0 N–H and O–H groups in total. The second kappa shape index (κ2) is 9.54. The third-order valence-corrected chi connectivity index (χ3v) is 3.38. The monoisotopic (exact) mass is 262 g/mol. The first-order valence-electron chi connectivity index (χ1n) is 7.38. The lowest BCUT2D eigenvalue weighted by Crippen LogP contribution is -2.26. The molecule has 0 atom stereocenters. The van der Waals surface area contributed by atoms with E-state index in [2.05, 4.69) is 11.1 Å². The van der Waals surface area contributed by atoms with Gasteiger partial charge in [-0.25, -0.2) is 0 Å². The van der Waals surface area contributed by atoms with Crippen LogP contribution in [0.25, 0.3) is 0 Å². The van der Waals surface area contributed by atoms with E-state index in [9.17, 15) is 4.79 Å². The van der Waals surface area contributed by atoms with Crippen LogP contribution in [0.15, 0.2) is 24.4 Å². The quantitative estimate of drug-likeness (QED) is 0.639. The van der Waals surface area contributed by atoms with Crippen molar-refractivity contribution in [3.63, 3.8) is 0 Å². The van der Waals surface area contributed by atoms with Gasteiger partial charge in [0.1, 0.15) is 0 Å². The van der Waals surface area contributed by atoms with Crippen molar-refractivity contribution in [3.05, 3.63) is 30.1 Å². The van der Waals surface area contributed by atoms with Crippen molar-refractivity contribution in [2.75, 3.05) is 13.6 Å². The van der Waals surface area contributed by atoms with Crippen LogP contribution >= 0.6 is 0 Å². The summed E-state index contributed by atoms with van der Waals surface area (Å²) in [6.45, 7) is 2.81. The third kappa shape index (κ3) is 6.94. The first kappa shape index (κ1) is 15.7. The summed E-state index contributed by atoms with van der Waals surface area (Å²) in [5, 5.41) is 0. The number of aromatic nitrogens is 1. The van der Waals surface area contributed by atoms with Crippen molar-refractivity contribution in [3.8, 4) is 0 Å². The molecular formula is C16H26N2O. The molecule has 0 aliphatic heterocycles. The van der Waals surface area contributed by atoms with Crippen molar-refractivity contribution in [2.24, 2.45) is 0 Å². The van der Waals surface area contributed by atoms with Crippen LogP contribution < -0.4 is 0 Å². The number of nitrogens with zero attached hydrogens (tertiary/aromatic N) is 2. The Kier molecular flexibility index (Phi) is 7.87. The van der Waals surface area contributed by atoms with E-state index in [0.29, 0.717) is 6.42 Å². The average Bonchev–Trinajstić information content (AvgIpc) is 2.46. The van der Waals surface area contributed by atoms with Gasteiger partial charge in [-0.2, -0.15) is 0 Å². The van der Waals surface area contributed by atoms with Gasteiger partial charge in [0.25, 0.3) is 0 Å². The van der Waals surface area contributed by atoms with Gasteiger partial charge in [0.2, 0.25) is 5.91 Å². The number of hydrogen-bond donors (Lipinski definition) is 0. The Morgan fingerprint density at radius 2 is 1.89 bits per heavy atom. The number of hydrogen-bond acceptors (Lipinski definition) is 2. The van der Waals surface area contributed by atoms with Crippen molar-refractivity contribution in [2.45, 2.75) is 51.9 Å². The minimum Gasteiger partial charge on any atom is -0.346 e. The van der Waals surface area contributed by atoms with E-state index >= 15 is 0 Å². The first-order chi connectivity index (χ1) is 9.24. The van der Waals surface area contributed by atoms with Gasteiger partial charge in [-0.1, -0.05) is 32.3 Å². The molecule has 0 aliphatic carbocycles. The van der Waals surface area contributed by atoms with Crippen LogP contribution in [0.1, 0.15) is 51.1 Å². The molecule has 3 nitrogen and oxygen atoms in total. The summed E-state index contributed by atoms with van der Waals surface area (Å²) >= 11 is 0. The fourth-order valence-electron chi connectivity index (χ4n) is 2.13. The van der Waals surface area contributed by atoms with Crippen LogP contribution in [0.4, 0.5) is 0 Å². The van der Waals surface area contributed by atoms with Gasteiger partial charge in [0.05, 0.1) is 0 Å². The molecule has 19 heavy (non-hydrogen) atoms. The molecule has 0 fully saturated rings. The Hall–Kier alpha value is -1.38. The topological polar surface area (TPSA) is 33.2 Å². The SMILES string of the molecule is CCC(=O)N(C)CCCCCCCc1ccccn1. The molecule has 0 unspecified atom stereocenters. The van der Waals surface area contributed by atoms with E-state index in [0.717, 1.165) is 19.4 Å². The maximum Gasteiger partial charge on any atom is 0.222 e. The largest absolute Gasteiger partial charge is 0.346 e.